The summed E-state index contributed by atoms with van der Waals surface area (Å²) >= 11 is 0. The third-order valence-electron chi connectivity index (χ3n) is 2.98. The van der Waals surface area contributed by atoms with Crippen LogP contribution in [-0.2, 0) is 4.79 Å². The molecule has 1 aliphatic heterocycles. The topological polar surface area (TPSA) is 102 Å². The predicted octanol–water partition coefficient (Wildman–Crippen LogP) is -0.544. The van der Waals surface area contributed by atoms with Crippen molar-refractivity contribution in [3.8, 4) is 5.75 Å². The lowest BCUT2D eigenvalue weighted by Gasteiger charge is -2.17. The van der Waals surface area contributed by atoms with E-state index >= 15 is 0 Å². The van der Waals surface area contributed by atoms with Crippen LogP contribution >= 0.6 is 0 Å². The second kappa shape index (κ2) is 5.81. The zero-order valence-electron chi connectivity index (χ0n) is 10.3. The van der Waals surface area contributed by atoms with Crippen molar-refractivity contribution in [1.29, 1.82) is 0 Å². The van der Waals surface area contributed by atoms with Gasteiger partial charge >= 0.3 is 0 Å². The minimum atomic E-state index is -1.02. The van der Waals surface area contributed by atoms with Crippen LogP contribution < -0.4 is 15.8 Å². The molecule has 0 aromatic heterocycles. The lowest BCUT2D eigenvalue weighted by Crippen LogP contribution is -2.49. The van der Waals surface area contributed by atoms with Gasteiger partial charge in [0.15, 0.2) is 5.78 Å². The fourth-order valence-electron chi connectivity index (χ4n) is 1.90. The van der Waals surface area contributed by atoms with E-state index in [0.29, 0.717) is 24.3 Å². The molecule has 0 radical (unpaired) electrons. The first kappa shape index (κ1) is 13.5. The molecule has 0 saturated carbocycles. The van der Waals surface area contributed by atoms with E-state index in [9.17, 15) is 9.59 Å². The van der Waals surface area contributed by atoms with E-state index in [2.05, 4.69) is 5.32 Å². The first-order valence-corrected chi connectivity index (χ1v) is 6.06. The summed E-state index contributed by atoms with van der Waals surface area (Å²) in [5, 5.41) is 11.4. The molecule has 0 fully saturated rings. The standard InChI is InChI=1S/C13H16N2O4/c14-9(7-16)13(18)15-10-5-6-19-11-4-2-1-3-8(11)12(10)17/h1-4,9-10,16H,5-7,14H2,(H,15,18). The SMILES string of the molecule is NC(CO)C(=O)NC1CCOc2ccccc2C1=O. The Morgan fingerprint density at radius 3 is 3.00 bits per heavy atom. The van der Waals surface area contributed by atoms with Gasteiger partial charge in [-0.15, -0.1) is 0 Å². The largest absolute Gasteiger partial charge is 0.493 e. The molecule has 6 nitrogen and oxygen atoms in total. The Balaban J connectivity index is 2.16. The lowest BCUT2D eigenvalue weighted by molar-refractivity contribution is -0.123. The molecule has 2 rings (SSSR count). The molecule has 0 aliphatic carbocycles. The van der Waals surface area contributed by atoms with Gasteiger partial charge in [0.1, 0.15) is 11.8 Å². The number of aliphatic hydroxyl groups excluding tert-OH is 1. The zero-order chi connectivity index (χ0) is 13.8. The highest BCUT2D eigenvalue weighted by molar-refractivity contribution is 6.04. The van der Waals surface area contributed by atoms with Crippen LogP contribution in [0.3, 0.4) is 0 Å². The van der Waals surface area contributed by atoms with Crippen LogP contribution in [0.4, 0.5) is 0 Å². The van der Waals surface area contributed by atoms with E-state index in [0.717, 1.165) is 0 Å². The smallest absolute Gasteiger partial charge is 0.239 e. The Labute approximate surface area is 110 Å². The molecule has 1 aromatic rings. The summed E-state index contributed by atoms with van der Waals surface area (Å²) < 4.78 is 5.46. The summed E-state index contributed by atoms with van der Waals surface area (Å²) in [4.78, 5) is 23.9. The third kappa shape index (κ3) is 2.91. The van der Waals surface area contributed by atoms with E-state index in [4.69, 9.17) is 15.6 Å². The van der Waals surface area contributed by atoms with Gasteiger partial charge < -0.3 is 20.9 Å². The van der Waals surface area contributed by atoms with E-state index in [1.807, 2.05) is 0 Å². The van der Waals surface area contributed by atoms with E-state index in [1.165, 1.54) is 0 Å². The number of Topliss-reactive ketones (excluding diaryl/α,β-unsaturated/α-hetero) is 1. The van der Waals surface area contributed by atoms with Crippen LogP contribution in [0, 0.1) is 0 Å². The zero-order valence-corrected chi connectivity index (χ0v) is 10.3. The molecule has 2 atom stereocenters. The summed E-state index contributed by atoms with van der Waals surface area (Å²) in [5.74, 6) is -0.220. The Morgan fingerprint density at radius 1 is 1.53 bits per heavy atom. The van der Waals surface area contributed by atoms with Crippen molar-refractivity contribution in [3.05, 3.63) is 29.8 Å². The van der Waals surface area contributed by atoms with Gasteiger partial charge in [-0.2, -0.15) is 0 Å². The highest BCUT2D eigenvalue weighted by Crippen LogP contribution is 2.23. The number of hydrogen-bond donors (Lipinski definition) is 3. The number of ether oxygens (including phenoxy) is 1. The van der Waals surface area contributed by atoms with Crippen molar-refractivity contribution < 1.29 is 19.4 Å². The molecule has 1 amide bonds. The molecule has 0 spiro atoms. The first-order valence-electron chi connectivity index (χ1n) is 6.06. The predicted molar refractivity (Wildman–Crippen MR) is 67.9 cm³/mol. The van der Waals surface area contributed by atoms with Crippen LogP contribution in [0.5, 0.6) is 5.75 Å². The number of carbonyl (C=O) groups is 2. The number of hydrogen-bond acceptors (Lipinski definition) is 5. The van der Waals surface area contributed by atoms with Crippen LogP contribution in [0.15, 0.2) is 24.3 Å². The maximum absolute atomic E-state index is 12.3. The fourth-order valence-corrected chi connectivity index (χ4v) is 1.90. The van der Waals surface area contributed by atoms with E-state index < -0.39 is 24.6 Å². The van der Waals surface area contributed by atoms with Gasteiger partial charge in [0, 0.05) is 6.42 Å². The van der Waals surface area contributed by atoms with Crippen LogP contribution in [0.2, 0.25) is 0 Å². The monoisotopic (exact) mass is 264 g/mol. The molecule has 6 heteroatoms. The number of nitrogens with two attached hydrogens (primary N) is 1. The molecular formula is C13H16N2O4. The summed E-state index contributed by atoms with van der Waals surface area (Å²) in [6.07, 6.45) is 0.372. The molecule has 2 unspecified atom stereocenters. The second-order valence-corrected chi connectivity index (χ2v) is 4.35. The number of aliphatic hydroxyl groups is 1. The number of amides is 1. The summed E-state index contributed by atoms with van der Waals surface area (Å²) in [7, 11) is 0. The van der Waals surface area contributed by atoms with Crippen molar-refractivity contribution in [2.24, 2.45) is 5.73 Å². The minimum Gasteiger partial charge on any atom is -0.493 e. The normalized spacial score (nSPS) is 19.9. The van der Waals surface area contributed by atoms with Gasteiger partial charge in [-0.05, 0) is 12.1 Å². The minimum absolute atomic E-state index is 0.202. The van der Waals surface area contributed by atoms with Gasteiger partial charge in [-0.3, -0.25) is 9.59 Å². The van der Waals surface area contributed by atoms with Crippen molar-refractivity contribution >= 4 is 11.7 Å². The van der Waals surface area contributed by atoms with Gasteiger partial charge in [-0.1, -0.05) is 12.1 Å². The number of nitrogens with one attached hydrogen (secondary N) is 1. The Kier molecular flexibility index (Phi) is 4.13. The van der Waals surface area contributed by atoms with Gasteiger partial charge in [0.05, 0.1) is 24.8 Å². The Hall–Kier alpha value is -1.92. The Morgan fingerprint density at radius 2 is 2.26 bits per heavy atom. The van der Waals surface area contributed by atoms with Crippen molar-refractivity contribution in [3.63, 3.8) is 0 Å². The van der Waals surface area contributed by atoms with Gasteiger partial charge in [0.2, 0.25) is 5.91 Å². The number of ketones is 1. The maximum atomic E-state index is 12.3. The maximum Gasteiger partial charge on any atom is 0.239 e. The molecule has 102 valence electrons. The number of carbonyl (C=O) groups excluding carboxylic acids is 2. The number of fused-ring (bicyclic) bond motifs is 1. The van der Waals surface area contributed by atoms with E-state index in [-0.39, 0.29) is 5.78 Å². The molecule has 0 bridgehead atoms. The van der Waals surface area contributed by atoms with Crippen molar-refractivity contribution in [2.45, 2.75) is 18.5 Å². The summed E-state index contributed by atoms with van der Waals surface area (Å²) in [6, 6.07) is 5.21. The first-order chi connectivity index (χ1) is 9.13. The van der Waals surface area contributed by atoms with Gasteiger partial charge in [0.25, 0.3) is 0 Å². The highest BCUT2D eigenvalue weighted by atomic mass is 16.5. The summed E-state index contributed by atoms with van der Waals surface area (Å²) in [6.45, 7) is -0.123. The molecule has 1 aliphatic rings. The highest BCUT2D eigenvalue weighted by Gasteiger charge is 2.28. The Bertz CT molecular complexity index is 489. The van der Waals surface area contributed by atoms with Crippen LogP contribution in [0.25, 0.3) is 0 Å². The quantitative estimate of drug-likeness (QED) is 0.680. The van der Waals surface area contributed by atoms with Crippen LogP contribution in [0.1, 0.15) is 16.8 Å². The average molecular weight is 264 g/mol. The molecule has 4 N–H and O–H groups in total. The number of para-hydroxylation sites is 1. The number of rotatable bonds is 3. The summed E-state index contributed by atoms with van der Waals surface area (Å²) in [5.41, 5.74) is 5.86. The molecule has 1 aromatic carbocycles. The molecular weight excluding hydrogens is 248 g/mol. The van der Waals surface area contributed by atoms with Crippen molar-refractivity contribution in [2.75, 3.05) is 13.2 Å². The fraction of sp³-hybridized carbons (Fsp3) is 0.385. The van der Waals surface area contributed by atoms with E-state index in [1.54, 1.807) is 24.3 Å². The van der Waals surface area contributed by atoms with Crippen molar-refractivity contribution in [1.82, 2.24) is 5.32 Å². The molecule has 1 heterocycles. The molecule has 0 saturated heterocycles. The van der Waals surface area contributed by atoms with Gasteiger partial charge in [-0.25, -0.2) is 0 Å². The number of benzene rings is 1. The third-order valence-corrected chi connectivity index (χ3v) is 2.98. The average Bonchev–Trinajstić information content (AvgIpc) is 2.59. The lowest BCUT2D eigenvalue weighted by atomic mass is 10.0. The second-order valence-electron chi connectivity index (χ2n) is 4.35. The molecule has 19 heavy (non-hydrogen) atoms. The van der Waals surface area contributed by atoms with Crippen LogP contribution in [-0.4, -0.2) is 42.1 Å².